The van der Waals surface area contributed by atoms with Crippen LogP contribution in [0, 0.1) is 0 Å². The predicted octanol–water partition coefficient (Wildman–Crippen LogP) is 5.17. The van der Waals surface area contributed by atoms with Crippen molar-refractivity contribution in [3.63, 3.8) is 0 Å². The number of hydrogen-bond donors (Lipinski definition) is 2. The van der Waals surface area contributed by atoms with Crippen LogP contribution in [0.4, 0.5) is 4.79 Å². The topological polar surface area (TPSA) is 120 Å². The molecular formula is C32H34N6O4. The van der Waals surface area contributed by atoms with Crippen molar-refractivity contribution in [2.75, 3.05) is 0 Å². The van der Waals surface area contributed by atoms with Gasteiger partial charge in [0, 0.05) is 17.2 Å². The SMILES string of the molecule is CC(NC(=O)OC(C)(C)C)C(=O)NC(Cc1ccc(OCc2ccccc2)cc1)c1nnc2c3ccccc3cnn12. The fraction of sp³-hybridized carbons (Fsp3) is 0.281. The maximum Gasteiger partial charge on any atom is 0.408 e. The molecule has 0 saturated heterocycles. The number of carbonyl (C=O) groups is 2. The Labute approximate surface area is 244 Å². The Balaban J connectivity index is 1.37. The highest BCUT2D eigenvalue weighted by Crippen LogP contribution is 2.23. The number of ether oxygens (including phenoxy) is 2. The normalized spacial score (nSPS) is 13.0. The van der Waals surface area contributed by atoms with Gasteiger partial charge in [0.15, 0.2) is 11.5 Å². The van der Waals surface area contributed by atoms with E-state index < -0.39 is 29.7 Å². The van der Waals surface area contributed by atoms with Crippen LogP contribution in [0.15, 0.2) is 85.1 Å². The average Bonchev–Trinajstić information content (AvgIpc) is 3.41. The second-order valence-corrected chi connectivity index (χ2v) is 11.1. The Morgan fingerprint density at radius 1 is 0.881 bits per heavy atom. The van der Waals surface area contributed by atoms with E-state index in [1.165, 1.54) is 0 Å². The molecule has 2 atom stereocenters. The van der Waals surface area contributed by atoms with Crippen LogP contribution >= 0.6 is 0 Å². The summed E-state index contributed by atoms with van der Waals surface area (Å²) >= 11 is 0. The lowest BCUT2D eigenvalue weighted by molar-refractivity contribution is -0.123. The van der Waals surface area contributed by atoms with Crippen LogP contribution in [-0.2, 0) is 22.6 Å². The zero-order valence-corrected chi connectivity index (χ0v) is 24.1. The van der Waals surface area contributed by atoms with Crippen LogP contribution in [0.1, 0.15) is 50.7 Å². The monoisotopic (exact) mass is 566 g/mol. The number of nitrogens with one attached hydrogen (secondary N) is 2. The van der Waals surface area contributed by atoms with E-state index in [0.29, 0.717) is 24.5 Å². The van der Waals surface area contributed by atoms with Crippen LogP contribution in [0.3, 0.4) is 0 Å². The van der Waals surface area contributed by atoms with Gasteiger partial charge in [0.2, 0.25) is 5.91 Å². The number of alkyl carbamates (subject to hydrolysis) is 1. The van der Waals surface area contributed by atoms with E-state index in [0.717, 1.165) is 27.6 Å². The first-order valence-electron chi connectivity index (χ1n) is 13.8. The molecule has 2 heterocycles. The average molecular weight is 567 g/mol. The Morgan fingerprint density at radius 2 is 1.60 bits per heavy atom. The lowest BCUT2D eigenvalue weighted by Gasteiger charge is -2.23. The van der Waals surface area contributed by atoms with Gasteiger partial charge in [-0.25, -0.2) is 4.79 Å². The quantitative estimate of drug-likeness (QED) is 0.253. The smallest absolute Gasteiger partial charge is 0.408 e. The zero-order chi connectivity index (χ0) is 29.7. The van der Waals surface area contributed by atoms with Crippen molar-refractivity contribution in [3.05, 3.63) is 102 Å². The van der Waals surface area contributed by atoms with Gasteiger partial charge in [0.25, 0.3) is 0 Å². The number of nitrogens with zero attached hydrogens (tertiary/aromatic N) is 4. The van der Waals surface area contributed by atoms with Crippen molar-refractivity contribution >= 4 is 28.4 Å². The molecule has 0 spiro atoms. The molecule has 42 heavy (non-hydrogen) atoms. The molecule has 0 aliphatic heterocycles. The fourth-order valence-electron chi connectivity index (χ4n) is 4.48. The van der Waals surface area contributed by atoms with Crippen molar-refractivity contribution < 1.29 is 19.1 Å². The molecule has 0 saturated carbocycles. The van der Waals surface area contributed by atoms with Crippen molar-refractivity contribution in [1.82, 2.24) is 30.4 Å². The third-order valence-electron chi connectivity index (χ3n) is 6.54. The molecular weight excluding hydrogens is 532 g/mol. The Morgan fingerprint density at radius 3 is 2.33 bits per heavy atom. The minimum Gasteiger partial charge on any atom is -0.489 e. The third-order valence-corrected chi connectivity index (χ3v) is 6.54. The lowest BCUT2D eigenvalue weighted by atomic mass is 10.0. The van der Waals surface area contributed by atoms with Gasteiger partial charge < -0.3 is 20.1 Å². The molecule has 5 aromatic rings. The first kappa shape index (κ1) is 28.5. The molecule has 2 N–H and O–H groups in total. The second-order valence-electron chi connectivity index (χ2n) is 11.1. The van der Waals surface area contributed by atoms with Crippen LogP contribution in [0.2, 0.25) is 0 Å². The highest BCUT2D eigenvalue weighted by Gasteiger charge is 2.27. The van der Waals surface area contributed by atoms with Gasteiger partial charge in [-0.2, -0.15) is 9.61 Å². The molecule has 10 heteroatoms. The highest BCUT2D eigenvalue weighted by atomic mass is 16.6. The number of aromatic nitrogens is 4. The van der Waals surface area contributed by atoms with Crippen molar-refractivity contribution in [2.45, 2.75) is 58.4 Å². The highest BCUT2D eigenvalue weighted by molar-refractivity contribution is 5.93. The summed E-state index contributed by atoms with van der Waals surface area (Å²) in [6, 6.07) is 24.0. The summed E-state index contributed by atoms with van der Waals surface area (Å²) in [6.45, 7) is 7.35. The van der Waals surface area contributed by atoms with Gasteiger partial charge in [0.1, 0.15) is 24.0 Å². The van der Waals surface area contributed by atoms with Gasteiger partial charge in [-0.15, -0.1) is 10.2 Å². The first-order chi connectivity index (χ1) is 20.2. The molecule has 216 valence electrons. The lowest BCUT2D eigenvalue weighted by Crippen LogP contribution is -2.47. The minimum atomic E-state index is -0.857. The molecule has 0 fully saturated rings. The number of hydrogen-bond acceptors (Lipinski definition) is 7. The number of carbonyl (C=O) groups excluding carboxylic acids is 2. The molecule has 2 unspecified atom stereocenters. The molecule has 2 aromatic heterocycles. The third kappa shape index (κ3) is 7.01. The Bertz CT molecular complexity index is 1680. The van der Waals surface area contributed by atoms with Crippen LogP contribution < -0.4 is 15.4 Å². The van der Waals surface area contributed by atoms with E-state index in [-0.39, 0.29) is 0 Å². The standard InChI is InChI=1S/C32H34N6O4/c1-21(34-31(40)42-32(2,3)4)30(39)35-27(29-37-36-28-26-13-9-8-12-24(26)19-33-38(28)29)18-22-14-16-25(17-15-22)41-20-23-10-6-5-7-11-23/h5-17,19,21,27H,18,20H2,1-4H3,(H,34,40)(H,35,39). The van der Waals surface area contributed by atoms with Crippen LogP contribution in [0.5, 0.6) is 5.75 Å². The summed E-state index contributed by atoms with van der Waals surface area (Å²) in [7, 11) is 0. The molecule has 5 rings (SSSR count). The minimum absolute atomic E-state index is 0.397. The first-order valence-corrected chi connectivity index (χ1v) is 13.8. The molecule has 0 radical (unpaired) electrons. The number of fused-ring (bicyclic) bond motifs is 3. The summed E-state index contributed by atoms with van der Waals surface area (Å²) in [5, 5.41) is 20.9. The van der Waals surface area contributed by atoms with E-state index in [2.05, 4.69) is 25.9 Å². The Kier molecular flexibility index (Phi) is 8.33. The molecule has 10 nitrogen and oxygen atoms in total. The second kappa shape index (κ2) is 12.3. The van der Waals surface area contributed by atoms with Gasteiger partial charge in [0.05, 0.1) is 12.2 Å². The van der Waals surface area contributed by atoms with E-state index in [9.17, 15) is 9.59 Å². The van der Waals surface area contributed by atoms with E-state index in [1.807, 2.05) is 78.9 Å². The molecule has 2 amide bonds. The number of rotatable bonds is 9. The summed E-state index contributed by atoms with van der Waals surface area (Å²) < 4.78 is 12.9. The van der Waals surface area contributed by atoms with E-state index in [1.54, 1.807) is 38.4 Å². The van der Waals surface area contributed by atoms with E-state index >= 15 is 0 Å². The van der Waals surface area contributed by atoms with Gasteiger partial charge in [-0.1, -0.05) is 66.7 Å². The predicted molar refractivity (Wildman–Crippen MR) is 159 cm³/mol. The van der Waals surface area contributed by atoms with Crippen LogP contribution in [0.25, 0.3) is 16.4 Å². The summed E-state index contributed by atoms with van der Waals surface area (Å²) in [5.41, 5.74) is 1.93. The summed E-state index contributed by atoms with van der Waals surface area (Å²) in [6.07, 6.45) is 1.48. The molecule has 0 bridgehead atoms. The summed E-state index contributed by atoms with van der Waals surface area (Å²) in [5.74, 6) is 0.809. The van der Waals surface area contributed by atoms with Crippen molar-refractivity contribution in [2.24, 2.45) is 0 Å². The van der Waals surface area contributed by atoms with Gasteiger partial charge >= 0.3 is 6.09 Å². The largest absolute Gasteiger partial charge is 0.489 e. The van der Waals surface area contributed by atoms with Crippen LogP contribution in [-0.4, -0.2) is 43.5 Å². The molecule has 3 aromatic carbocycles. The number of benzene rings is 3. The Hall–Kier alpha value is -4.99. The van der Waals surface area contributed by atoms with Gasteiger partial charge in [-0.3, -0.25) is 4.79 Å². The number of amides is 2. The van der Waals surface area contributed by atoms with Crippen molar-refractivity contribution in [3.8, 4) is 5.75 Å². The molecule has 0 aliphatic carbocycles. The zero-order valence-electron chi connectivity index (χ0n) is 24.1. The van der Waals surface area contributed by atoms with E-state index in [4.69, 9.17) is 9.47 Å². The fourth-order valence-corrected chi connectivity index (χ4v) is 4.48. The van der Waals surface area contributed by atoms with Gasteiger partial charge in [-0.05, 0) is 51.0 Å². The maximum atomic E-state index is 13.3. The molecule has 0 aliphatic rings. The summed E-state index contributed by atoms with van der Waals surface area (Å²) in [4.78, 5) is 25.6. The van der Waals surface area contributed by atoms with Crippen molar-refractivity contribution in [1.29, 1.82) is 0 Å². The maximum absolute atomic E-state index is 13.3.